The van der Waals surface area contributed by atoms with E-state index in [1.54, 1.807) is 0 Å². The first-order chi connectivity index (χ1) is 13.7. The normalized spacial score (nSPS) is 41.7. The predicted molar refractivity (Wildman–Crippen MR) is 123 cm³/mol. The molecule has 160 valence electrons. The standard InChI is InChI=1S/C24H40INO2/c1-2-17-8-9-18(14-21(17)25)20-15-19-10-11-22(26-19)23(20)24(27)28-13-12-16-6-4-3-5-7-16/h16-23,26H,2-15H2,1H3/t17?,18?,19-,20-,21?,22?,23?/m1/s1. The summed E-state index contributed by atoms with van der Waals surface area (Å²) in [6, 6.07) is 1.03. The number of carbonyl (C=O) groups is 1. The Kier molecular flexibility index (Phi) is 7.62. The lowest BCUT2D eigenvalue weighted by molar-refractivity contribution is -0.154. The number of alkyl halides is 1. The minimum Gasteiger partial charge on any atom is -0.465 e. The van der Waals surface area contributed by atoms with E-state index in [2.05, 4.69) is 34.8 Å². The average molecular weight is 501 g/mol. The molecule has 2 aliphatic heterocycles. The zero-order valence-electron chi connectivity index (χ0n) is 17.7. The highest BCUT2D eigenvalue weighted by molar-refractivity contribution is 14.1. The molecule has 4 fully saturated rings. The van der Waals surface area contributed by atoms with Crippen molar-refractivity contribution in [2.75, 3.05) is 6.61 Å². The quantitative estimate of drug-likeness (QED) is 0.280. The average Bonchev–Trinajstić information content (AvgIpc) is 3.09. The molecule has 4 heteroatoms. The van der Waals surface area contributed by atoms with Gasteiger partial charge in [-0.2, -0.15) is 0 Å². The van der Waals surface area contributed by atoms with Gasteiger partial charge in [0.25, 0.3) is 0 Å². The molecule has 2 saturated heterocycles. The van der Waals surface area contributed by atoms with Crippen LogP contribution in [0.5, 0.6) is 0 Å². The van der Waals surface area contributed by atoms with E-state index in [1.165, 1.54) is 77.0 Å². The molecule has 4 aliphatic rings. The number of rotatable bonds is 6. The number of hydrogen-bond donors (Lipinski definition) is 1. The number of esters is 1. The largest absolute Gasteiger partial charge is 0.465 e. The summed E-state index contributed by atoms with van der Waals surface area (Å²) in [5, 5.41) is 3.76. The first-order valence-electron chi connectivity index (χ1n) is 12.2. The van der Waals surface area contributed by atoms with Gasteiger partial charge in [0.15, 0.2) is 0 Å². The molecule has 3 nitrogen and oxygen atoms in total. The van der Waals surface area contributed by atoms with Crippen LogP contribution in [0, 0.1) is 29.6 Å². The van der Waals surface area contributed by atoms with Crippen molar-refractivity contribution in [3.05, 3.63) is 0 Å². The molecule has 0 aromatic carbocycles. The minimum absolute atomic E-state index is 0.108. The van der Waals surface area contributed by atoms with Gasteiger partial charge in [0, 0.05) is 16.0 Å². The van der Waals surface area contributed by atoms with Crippen LogP contribution >= 0.6 is 22.6 Å². The Labute approximate surface area is 185 Å². The van der Waals surface area contributed by atoms with Gasteiger partial charge in [-0.05, 0) is 68.6 Å². The van der Waals surface area contributed by atoms with Crippen LogP contribution in [0.2, 0.25) is 0 Å². The third kappa shape index (κ3) is 4.90. The van der Waals surface area contributed by atoms with E-state index in [9.17, 15) is 4.79 Å². The zero-order valence-corrected chi connectivity index (χ0v) is 19.9. The summed E-state index contributed by atoms with van der Waals surface area (Å²) < 4.78 is 6.73. The summed E-state index contributed by atoms with van der Waals surface area (Å²) in [6.45, 7) is 2.99. The smallest absolute Gasteiger partial charge is 0.310 e. The first kappa shape index (κ1) is 21.4. The van der Waals surface area contributed by atoms with Crippen molar-refractivity contribution in [1.82, 2.24) is 5.32 Å². The van der Waals surface area contributed by atoms with E-state index >= 15 is 0 Å². The molecule has 7 atom stereocenters. The highest BCUT2D eigenvalue weighted by atomic mass is 127. The maximum absolute atomic E-state index is 13.2. The fourth-order valence-electron chi connectivity index (χ4n) is 6.87. The Morgan fingerprint density at radius 2 is 1.86 bits per heavy atom. The molecular formula is C24H40INO2. The van der Waals surface area contributed by atoms with Gasteiger partial charge >= 0.3 is 5.97 Å². The lowest BCUT2D eigenvalue weighted by atomic mass is 9.67. The molecule has 0 radical (unpaired) electrons. The Bertz CT molecular complexity index is 521. The minimum atomic E-state index is 0.108. The lowest BCUT2D eigenvalue weighted by Gasteiger charge is -2.44. The fraction of sp³-hybridized carbons (Fsp3) is 0.958. The third-order valence-electron chi connectivity index (χ3n) is 8.57. The fourth-order valence-corrected chi connectivity index (χ4v) is 8.39. The van der Waals surface area contributed by atoms with Crippen molar-refractivity contribution in [2.45, 2.75) is 106 Å². The van der Waals surface area contributed by atoms with Gasteiger partial charge in [-0.1, -0.05) is 68.0 Å². The lowest BCUT2D eigenvalue weighted by Crippen LogP contribution is -2.52. The number of nitrogens with one attached hydrogen (secondary N) is 1. The second-order valence-corrected chi connectivity index (χ2v) is 11.8. The molecule has 1 N–H and O–H groups in total. The molecule has 2 bridgehead atoms. The van der Waals surface area contributed by atoms with Crippen molar-refractivity contribution < 1.29 is 9.53 Å². The van der Waals surface area contributed by atoms with Crippen LogP contribution < -0.4 is 5.32 Å². The van der Waals surface area contributed by atoms with Gasteiger partial charge in [-0.15, -0.1) is 0 Å². The highest BCUT2D eigenvalue weighted by Crippen LogP contribution is 2.47. The second kappa shape index (κ2) is 9.98. The molecule has 2 saturated carbocycles. The van der Waals surface area contributed by atoms with Crippen molar-refractivity contribution in [3.63, 3.8) is 0 Å². The van der Waals surface area contributed by atoms with Crippen molar-refractivity contribution in [2.24, 2.45) is 29.6 Å². The number of hydrogen-bond acceptors (Lipinski definition) is 3. The Morgan fingerprint density at radius 1 is 1.04 bits per heavy atom. The monoisotopic (exact) mass is 501 g/mol. The van der Waals surface area contributed by atoms with Crippen LogP contribution in [0.15, 0.2) is 0 Å². The Hall–Kier alpha value is 0.160. The van der Waals surface area contributed by atoms with E-state index in [0.29, 0.717) is 24.6 Å². The third-order valence-corrected chi connectivity index (χ3v) is 10.1. The molecule has 2 heterocycles. The Balaban J connectivity index is 1.35. The maximum Gasteiger partial charge on any atom is 0.310 e. The zero-order chi connectivity index (χ0) is 19.5. The first-order valence-corrected chi connectivity index (χ1v) is 13.5. The van der Waals surface area contributed by atoms with Crippen LogP contribution in [0.1, 0.15) is 90.4 Å². The van der Waals surface area contributed by atoms with Crippen LogP contribution in [0.3, 0.4) is 0 Å². The summed E-state index contributed by atoms with van der Waals surface area (Å²) >= 11 is 2.70. The van der Waals surface area contributed by atoms with Gasteiger partial charge in [0.1, 0.15) is 0 Å². The van der Waals surface area contributed by atoms with E-state index in [1.807, 2.05) is 0 Å². The molecule has 0 amide bonds. The van der Waals surface area contributed by atoms with Gasteiger partial charge in [0.05, 0.1) is 12.5 Å². The van der Waals surface area contributed by atoms with Crippen LogP contribution in [0.25, 0.3) is 0 Å². The molecular weight excluding hydrogens is 461 g/mol. The number of fused-ring (bicyclic) bond motifs is 2. The van der Waals surface area contributed by atoms with E-state index in [4.69, 9.17) is 4.74 Å². The van der Waals surface area contributed by atoms with Crippen molar-refractivity contribution >= 4 is 28.6 Å². The summed E-state index contributed by atoms with van der Waals surface area (Å²) in [6.07, 6.45) is 16.8. The molecule has 0 aromatic heterocycles. The van der Waals surface area contributed by atoms with Crippen LogP contribution in [-0.2, 0) is 9.53 Å². The molecule has 0 aromatic rings. The molecule has 5 unspecified atom stereocenters. The summed E-state index contributed by atoms with van der Waals surface area (Å²) in [7, 11) is 0. The van der Waals surface area contributed by atoms with Crippen LogP contribution in [-0.4, -0.2) is 28.6 Å². The van der Waals surface area contributed by atoms with Gasteiger partial charge in [-0.3, -0.25) is 4.79 Å². The van der Waals surface area contributed by atoms with Gasteiger partial charge < -0.3 is 10.1 Å². The van der Waals surface area contributed by atoms with E-state index in [0.717, 1.165) is 28.1 Å². The summed E-state index contributed by atoms with van der Waals surface area (Å²) in [4.78, 5) is 13.2. The second-order valence-electron chi connectivity index (χ2n) is 10.2. The molecule has 28 heavy (non-hydrogen) atoms. The Morgan fingerprint density at radius 3 is 2.61 bits per heavy atom. The van der Waals surface area contributed by atoms with E-state index in [-0.39, 0.29) is 11.9 Å². The predicted octanol–water partition coefficient (Wildman–Crippen LogP) is 5.89. The molecule has 2 aliphatic carbocycles. The van der Waals surface area contributed by atoms with Crippen LogP contribution in [0.4, 0.5) is 0 Å². The van der Waals surface area contributed by atoms with E-state index < -0.39 is 0 Å². The van der Waals surface area contributed by atoms with Crippen molar-refractivity contribution in [3.8, 4) is 0 Å². The maximum atomic E-state index is 13.2. The number of ether oxygens (including phenoxy) is 1. The summed E-state index contributed by atoms with van der Waals surface area (Å²) in [5.41, 5.74) is 0. The molecule has 0 spiro atoms. The number of piperidine rings is 1. The van der Waals surface area contributed by atoms with Gasteiger partial charge in [0.2, 0.25) is 0 Å². The van der Waals surface area contributed by atoms with Crippen molar-refractivity contribution in [1.29, 1.82) is 0 Å². The number of halogens is 1. The number of carbonyl (C=O) groups excluding carboxylic acids is 1. The molecule has 4 rings (SSSR count). The summed E-state index contributed by atoms with van der Waals surface area (Å²) in [5.74, 6) is 3.19. The topological polar surface area (TPSA) is 38.3 Å². The highest BCUT2D eigenvalue weighted by Gasteiger charge is 2.49. The van der Waals surface area contributed by atoms with Gasteiger partial charge in [-0.25, -0.2) is 0 Å². The SMILES string of the molecule is CCC1CCC([C@H]2C[C@H]3CCC(N3)C2C(=O)OCCC2CCCCC2)CC1I.